The highest BCUT2D eigenvalue weighted by Gasteiger charge is 2.46. The van der Waals surface area contributed by atoms with E-state index in [9.17, 15) is 15.0 Å². The van der Waals surface area contributed by atoms with E-state index in [1.807, 2.05) is 18.2 Å². The molecule has 4 aromatic rings. The van der Waals surface area contributed by atoms with E-state index in [1.54, 1.807) is 0 Å². The van der Waals surface area contributed by atoms with Crippen molar-refractivity contribution < 1.29 is 19.7 Å². The van der Waals surface area contributed by atoms with Gasteiger partial charge in [-0.05, 0) is 22.8 Å². The van der Waals surface area contributed by atoms with Gasteiger partial charge in [0.05, 0.1) is 12.4 Å². The lowest BCUT2D eigenvalue weighted by atomic mass is 10.0. The van der Waals surface area contributed by atoms with Gasteiger partial charge in [0.2, 0.25) is 0 Å². The number of hydrogen-bond acceptors (Lipinski definition) is 8. The molecule has 5 rings (SSSR count). The molecule has 0 amide bonds. The Balaban J connectivity index is 1.36. The molecule has 3 heterocycles. The van der Waals surface area contributed by atoms with Crippen LogP contribution < -0.4 is 11.1 Å². The number of aliphatic carboxylic acids is 1. The molecule has 4 atom stereocenters. The SMILES string of the molecule is N[C@H]1[C@@H](O)[C@H](n2cnc3c(NCCc4cccc5ccccc45)ncnc32)O[C@@H]1C(=O)O. The molecule has 2 aromatic carbocycles. The number of hydrogen-bond donors (Lipinski definition) is 4. The number of carboxylic acid groups (broad SMARTS) is 1. The van der Waals surface area contributed by atoms with Crippen LogP contribution in [0.25, 0.3) is 21.9 Å². The second-order valence-corrected chi connectivity index (χ2v) is 7.71. The summed E-state index contributed by atoms with van der Waals surface area (Å²) in [4.78, 5) is 24.2. The van der Waals surface area contributed by atoms with Crippen molar-refractivity contribution in [1.29, 1.82) is 0 Å². The van der Waals surface area contributed by atoms with Crippen molar-refractivity contribution in [3.8, 4) is 0 Å². The third-order valence-electron chi connectivity index (χ3n) is 5.77. The lowest BCUT2D eigenvalue weighted by Gasteiger charge is -2.16. The van der Waals surface area contributed by atoms with E-state index in [0.29, 0.717) is 23.5 Å². The van der Waals surface area contributed by atoms with Crippen LogP contribution in [0.3, 0.4) is 0 Å². The van der Waals surface area contributed by atoms with Gasteiger partial charge >= 0.3 is 5.97 Å². The Hall–Kier alpha value is -3.60. The number of nitrogens with two attached hydrogens (primary N) is 1. The van der Waals surface area contributed by atoms with Crippen LogP contribution in [0.5, 0.6) is 0 Å². The van der Waals surface area contributed by atoms with E-state index in [-0.39, 0.29) is 0 Å². The summed E-state index contributed by atoms with van der Waals surface area (Å²) < 4.78 is 6.97. The van der Waals surface area contributed by atoms with E-state index in [4.69, 9.17) is 10.5 Å². The Bertz CT molecular complexity index is 1290. The van der Waals surface area contributed by atoms with Crippen molar-refractivity contribution in [2.75, 3.05) is 11.9 Å². The van der Waals surface area contributed by atoms with Gasteiger partial charge < -0.3 is 26.0 Å². The molecule has 0 aliphatic carbocycles. The molecule has 5 N–H and O–H groups in total. The Morgan fingerprint density at radius 2 is 1.97 bits per heavy atom. The first-order chi connectivity index (χ1) is 15.5. The molecule has 0 radical (unpaired) electrons. The summed E-state index contributed by atoms with van der Waals surface area (Å²) in [7, 11) is 0. The summed E-state index contributed by atoms with van der Waals surface area (Å²) in [6, 6.07) is 13.4. The molecule has 1 saturated heterocycles. The standard InChI is InChI=1S/C22H22N6O4/c23-15-17(29)21(32-18(15)22(30)31)28-11-27-16-19(25-10-26-20(16)28)24-9-8-13-6-3-5-12-4-1-2-7-14(12)13/h1-7,10-11,15,17-18,21,29H,8-9,23H2,(H,30,31)(H,24,25,26)/t15-,17+,18-,21+/m0/s1. The molecular formula is C22H22N6O4. The van der Waals surface area contributed by atoms with Crippen LogP contribution in [-0.2, 0) is 16.0 Å². The molecule has 1 aliphatic heterocycles. The minimum Gasteiger partial charge on any atom is -0.479 e. The number of aliphatic hydroxyl groups excluding tert-OH is 1. The number of imidazole rings is 1. The molecule has 164 valence electrons. The molecule has 32 heavy (non-hydrogen) atoms. The first-order valence-electron chi connectivity index (χ1n) is 10.2. The van der Waals surface area contributed by atoms with Gasteiger partial charge in [-0.25, -0.2) is 19.7 Å². The maximum Gasteiger partial charge on any atom is 0.334 e. The molecule has 0 unspecified atom stereocenters. The van der Waals surface area contributed by atoms with Crippen molar-refractivity contribution in [2.24, 2.45) is 5.73 Å². The van der Waals surface area contributed by atoms with Crippen molar-refractivity contribution in [1.82, 2.24) is 19.5 Å². The van der Waals surface area contributed by atoms with Crippen LogP contribution in [0.1, 0.15) is 11.8 Å². The van der Waals surface area contributed by atoms with Crippen molar-refractivity contribution >= 4 is 33.7 Å². The fourth-order valence-corrected chi connectivity index (χ4v) is 4.14. The van der Waals surface area contributed by atoms with Crippen LogP contribution in [0, 0.1) is 0 Å². The molecular weight excluding hydrogens is 412 g/mol. The van der Waals surface area contributed by atoms with Crippen LogP contribution in [0.4, 0.5) is 5.82 Å². The zero-order valence-electron chi connectivity index (χ0n) is 17.0. The number of fused-ring (bicyclic) bond motifs is 2. The number of anilines is 1. The summed E-state index contributed by atoms with van der Waals surface area (Å²) in [5.41, 5.74) is 7.95. The van der Waals surface area contributed by atoms with Gasteiger partial charge in [0.25, 0.3) is 0 Å². The predicted octanol–water partition coefficient (Wildman–Crippen LogP) is 1.30. The van der Waals surface area contributed by atoms with E-state index >= 15 is 0 Å². The monoisotopic (exact) mass is 434 g/mol. The maximum atomic E-state index is 11.3. The summed E-state index contributed by atoms with van der Waals surface area (Å²) >= 11 is 0. The van der Waals surface area contributed by atoms with Gasteiger partial charge in [-0.15, -0.1) is 0 Å². The van der Waals surface area contributed by atoms with Gasteiger partial charge in [-0.1, -0.05) is 42.5 Å². The summed E-state index contributed by atoms with van der Waals surface area (Å²) in [5, 5.41) is 25.4. The quantitative estimate of drug-likeness (QED) is 0.352. The number of ether oxygens (including phenoxy) is 1. The predicted molar refractivity (Wildman–Crippen MR) is 117 cm³/mol. The summed E-state index contributed by atoms with van der Waals surface area (Å²) in [6.45, 7) is 0.626. The second kappa shape index (κ2) is 8.15. The average Bonchev–Trinajstić information content (AvgIpc) is 3.35. The van der Waals surface area contributed by atoms with Gasteiger partial charge in [0.1, 0.15) is 12.4 Å². The molecule has 10 heteroatoms. The second-order valence-electron chi connectivity index (χ2n) is 7.71. The van der Waals surface area contributed by atoms with Crippen LogP contribution in [-0.4, -0.2) is 60.5 Å². The Morgan fingerprint density at radius 1 is 1.16 bits per heavy atom. The van der Waals surface area contributed by atoms with Crippen LogP contribution in [0.15, 0.2) is 55.1 Å². The van der Waals surface area contributed by atoms with Gasteiger partial charge in [-0.2, -0.15) is 0 Å². The van der Waals surface area contributed by atoms with Crippen molar-refractivity contribution in [2.45, 2.75) is 30.9 Å². The zero-order chi connectivity index (χ0) is 22.2. The number of rotatable bonds is 6. The fraction of sp³-hybridized carbons (Fsp3) is 0.273. The van der Waals surface area contributed by atoms with Gasteiger partial charge in [0, 0.05) is 6.54 Å². The average molecular weight is 434 g/mol. The number of nitrogens with zero attached hydrogens (tertiary/aromatic N) is 4. The van der Waals surface area contributed by atoms with E-state index < -0.39 is 30.4 Å². The topological polar surface area (TPSA) is 148 Å². The number of carbonyl (C=O) groups is 1. The number of carboxylic acids is 1. The Morgan fingerprint density at radius 3 is 2.78 bits per heavy atom. The summed E-state index contributed by atoms with van der Waals surface area (Å²) in [5.74, 6) is -0.686. The molecule has 1 aliphatic rings. The smallest absolute Gasteiger partial charge is 0.334 e. The van der Waals surface area contributed by atoms with Crippen LogP contribution in [0.2, 0.25) is 0 Å². The normalized spacial score (nSPS) is 23.1. The highest BCUT2D eigenvalue weighted by molar-refractivity contribution is 5.86. The largest absolute Gasteiger partial charge is 0.479 e. The number of nitrogens with one attached hydrogen (secondary N) is 1. The zero-order valence-corrected chi connectivity index (χ0v) is 17.0. The highest BCUT2D eigenvalue weighted by Crippen LogP contribution is 2.31. The third kappa shape index (κ3) is 3.44. The fourth-order valence-electron chi connectivity index (χ4n) is 4.14. The van der Waals surface area contributed by atoms with E-state index in [0.717, 1.165) is 6.42 Å². The van der Waals surface area contributed by atoms with E-state index in [2.05, 4.69) is 44.5 Å². The lowest BCUT2D eigenvalue weighted by molar-refractivity contribution is -0.152. The maximum absolute atomic E-state index is 11.3. The van der Waals surface area contributed by atoms with Crippen molar-refractivity contribution in [3.63, 3.8) is 0 Å². The first-order valence-corrected chi connectivity index (χ1v) is 10.2. The Kier molecular flexibility index (Phi) is 5.17. The molecule has 0 spiro atoms. The third-order valence-corrected chi connectivity index (χ3v) is 5.77. The first kappa shape index (κ1) is 20.3. The molecule has 10 nitrogen and oxygen atoms in total. The minimum atomic E-state index is -1.31. The number of aliphatic hydroxyl groups is 1. The van der Waals surface area contributed by atoms with Crippen LogP contribution >= 0.6 is 0 Å². The van der Waals surface area contributed by atoms with E-state index in [1.165, 1.54) is 33.6 Å². The highest BCUT2D eigenvalue weighted by atomic mass is 16.6. The molecule has 0 saturated carbocycles. The minimum absolute atomic E-state index is 0.412. The Labute approximate surface area is 182 Å². The number of benzene rings is 2. The molecule has 2 aromatic heterocycles. The van der Waals surface area contributed by atoms with Gasteiger partial charge in [0.15, 0.2) is 29.3 Å². The van der Waals surface area contributed by atoms with Gasteiger partial charge in [-0.3, -0.25) is 4.57 Å². The molecule has 1 fully saturated rings. The number of aromatic nitrogens is 4. The molecule has 0 bridgehead atoms. The summed E-state index contributed by atoms with van der Waals surface area (Å²) in [6.07, 6.45) is 0.0811. The lowest BCUT2D eigenvalue weighted by Crippen LogP contribution is -2.43. The van der Waals surface area contributed by atoms with Crippen molar-refractivity contribution in [3.05, 3.63) is 60.7 Å².